The first-order valence-corrected chi connectivity index (χ1v) is 5.56. The Morgan fingerprint density at radius 2 is 1.94 bits per heavy atom. The van der Waals surface area contributed by atoms with Crippen LogP contribution in [0.3, 0.4) is 0 Å². The number of pyridine rings is 1. The Morgan fingerprint density at radius 3 is 2.56 bits per heavy atom. The van der Waals surface area contributed by atoms with E-state index in [-0.39, 0.29) is 11.2 Å². The number of phenolic OH excluding ortho intramolecular Hbond substituents is 1. The van der Waals surface area contributed by atoms with Crippen LogP contribution in [0.2, 0.25) is 5.15 Å². The van der Waals surface area contributed by atoms with E-state index < -0.39 is 0 Å². The lowest BCUT2D eigenvalue weighted by Gasteiger charge is -2.21. The summed E-state index contributed by atoms with van der Waals surface area (Å²) in [5.41, 5.74) is 1.06. The summed E-state index contributed by atoms with van der Waals surface area (Å²) in [5, 5.41) is 11.8. The van der Waals surface area contributed by atoms with Crippen molar-refractivity contribution in [3.05, 3.63) is 35.1 Å². The smallest absolute Gasteiger partial charge is 0.140 e. The molecule has 0 aliphatic rings. The molecule has 1 heterocycles. The Hall–Kier alpha value is -1.28. The van der Waals surface area contributed by atoms with Crippen molar-refractivity contribution in [2.75, 3.05) is 0 Å². The zero-order valence-electron chi connectivity index (χ0n) is 9.58. The van der Waals surface area contributed by atoms with Crippen LogP contribution in [0.4, 0.5) is 0 Å². The van der Waals surface area contributed by atoms with Crippen LogP contribution in [-0.2, 0) is 5.41 Å². The molecule has 0 saturated carbocycles. The molecule has 2 aromatic rings. The first-order valence-electron chi connectivity index (χ1n) is 5.18. The SMILES string of the molecule is CC(C)(C)c1cnc(Cl)c2c(O)cccc12. The molecule has 2 rings (SSSR count). The molecule has 0 aliphatic heterocycles. The van der Waals surface area contributed by atoms with Gasteiger partial charge in [0.25, 0.3) is 0 Å². The highest BCUT2D eigenvalue weighted by molar-refractivity contribution is 6.35. The van der Waals surface area contributed by atoms with Gasteiger partial charge in [0.15, 0.2) is 0 Å². The second kappa shape index (κ2) is 3.63. The molecule has 0 bridgehead atoms. The third kappa shape index (κ3) is 1.74. The van der Waals surface area contributed by atoms with E-state index in [1.807, 2.05) is 12.1 Å². The number of hydrogen-bond donors (Lipinski definition) is 1. The van der Waals surface area contributed by atoms with Gasteiger partial charge in [-0.15, -0.1) is 0 Å². The minimum atomic E-state index is -0.0242. The number of halogens is 1. The molecule has 0 atom stereocenters. The third-order valence-corrected chi connectivity index (χ3v) is 2.94. The predicted molar refractivity (Wildman–Crippen MR) is 67.1 cm³/mol. The van der Waals surface area contributed by atoms with E-state index in [1.165, 1.54) is 0 Å². The Balaban J connectivity index is 2.90. The van der Waals surface area contributed by atoms with Crippen LogP contribution >= 0.6 is 11.6 Å². The van der Waals surface area contributed by atoms with Crippen molar-refractivity contribution in [3.8, 4) is 5.75 Å². The number of aromatic nitrogens is 1. The largest absolute Gasteiger partial charge is 0.507 e. The normalized spacial score (nSPS) is 12.0. The van der Waals surface area contributed by atoms with Crippen LogP contribution in [-0.4, -0.2) is 10.1 Å². The predicted octanol–water partition coefficient (Wildman–Crippen LogP) is 3.89. The van der Waals surface area contributed by atoms with Crippen LogP contribution in [0.1, 0.15) is 26.3 Å². The van der Waals surface area contributed by atoms with Gasteiger partial charge in [-0.05, 0) is 22.4 Å². The fourth-order valence-corrected chi connectivity index (χ4v) is 2.08. The molecular formula is C13H14ClNO. The van der Waals surface area contributed by atoms with E-state index in [2.05, 4.69) is 25.8 Å². The molecule has 1 N–H and O–H groups in total. The Bertz CT molecular complexity index is 535. The van der Waals surface area contributed by atoms with Crippen LogP contribution < -0.4 is 0 Å². The van der Waals surface area contributed by atoms with E-state index >= 15 is 0 Å². The van der Waals surface area contributed by atoms with Gasteiger partial charge in [-0.25, -0.2) is 4.98 Å². The van der Waals surface area contributed by atoms with Crippen LogP contribution in [0, 0.1) is 0 Å². The molecule has 1 aromatic heterocycles. The number of phenols is 1. The lowest BCUT2D eigenvalue weighted by molar-refractivity contribution is 0.481. The Labute approximate surface area is 99.9 Å². The third-order valence-electron chi connectivity index (χ3n) is 2.65. The number of hydrogen-bond acceptors (Lipinski definition) is 2. The summed E-state index contributed by atoms with van der Waals surface area (Å²) in [6.45, 7) is 6.34. The van der Waals surface area contributed by atoms with Gasteiger partial charge in [0.2, 0.25) is 0 Å². The van der Waals surface area contributed by atoms with E-state index in [4.69, 9.17) is 11.6 Å². The van der Waals surface area contributed by atoms with Crippen molar-refractivity contribution in [1.82, 2.24) is 4.98 Å². The number of benzene rings is 1. The molecule has 0 saturated heterocycles. The lowest BCUT2D eigenvalue weighted by atomic mass is 9.85. The van der Waals surface area contributed by atoms with Crippen molar-refractivity contribution in [2.45, 2.75) is 26.2 Å². The molecule has 0 fully saturated rings. The van der Waals surface area contributed by atoms with Crippen LogP contribution in [0.25, 0.3) is 10.8 Å². The van der Waals surface area contributed by atoms with Gasteiger partial charge in [0, 0.05) is 6.20 Å². The van der Waals surface area contributed by atoms with E-state index in [1.54, 1.807) is 12.3 Å². The molecular weight excluding hydrogens is 222 g/mol. The maximum absolute atomic E-state index is 9.82. The van der Waals surface area contributed by atoms with Crippen molar-refractivity contribution in [1.29, 1.82) is 0 Å². The molecule has 0 unspecified atom stereocenters. The molecule has 3 heteroatoms. The molecule has 0 aliphatic carbocycles. The summed E-state index contributed by atoms with van der Waals surface area (Å²) in [5.74, 6) is 0.182. The number of nitrogens with zero attached hydrogens (tertiary/aromatic N) is 1. The van der Waals surface area contributed by atoms with Gasteiger partial charge in [-0.1, -0.05) is 44.5 Å². The number of rotatable bonds is 0. The first kappa shape index (κ1) is 11.2. The maximum Gasteiger partial charge on any atom is 0.140 e. The van der Waals surface area contributed by atoms with Gasteiger partial charge < -0.3 is 5.11 Å². The van der Waals surface area contributed by atoms with E-state index in [9.17, 15) is 5.11 Å². The molecule has 0 amide bonds. The Kier molecular flexibility index (Phi) is 2.55. The number of aromatic hydroxyl groups is 1. The molecule has 84 valence electrons. The summed E-state index contributed by atoms with van der Waals surface area (Å²) in [4.78, 5) is 4.14. The number of fused-ring (bicyclic) bond motifs is 1. The monoisotopic (exact) mass is 235 g/mol. The minimum Gasteiger partial charge on any atom is -0.507 e. The molecule has 1 aromatic carbocycles. The Morgan fingerprint density at radius 1 is 1.25 bits per heavy atom. The molecule has 2 nitrogen and oxygen atoms in total. The highest BCUT2D eigenvalue weighted by Crippen LogP contribution is 2.36. The topological polar surface area (TPSA) is 33.1 Å². The second-order valence-electron chi connectivity index (χ2n) is 4.91. The zero-order valence-corrected chi connectivity index (χ0v) is 10.3. The average Bonchev–Trinajstić information content (AvgIpc) is 2.16. The molecule has 0 radical (unpaired) electrons. The minimum absolute atomic E-state index is 0.0242. The second-order valence-corrected chi connectivity index (χ2v) is 5.27. The summed E-state index contributed by atoms with van der Waals surface area (Å²) < 4.78 is 0. The first-order chi connectivity index (χ1) is 7.41. The van der Waals surface area contributed by atoms with Crippen molar-refractivity contribution >= 4 is 22.4 Å². The van der Waals surface area contributed by atoms with Gasteiger partial charge in [0.05, 0.1) is 5.39 Å². The lowest BCUT2D eigenvalue weighted by Crippen LogP contribution is -2.12. The van der Waals surface area contributed by atoms with Crippen LogP contribution in [0.5, 0.6) is 5.75 Å². The molecule has 0 spiro atoms. The van der Waals surface area contributed by atoms with E-state index in [0.717, 1.165) is 10.9 Å². The average molecular weight is 236 g/mol. The molecule has 16 heavy (non-hydrogen) atoms. The van der Waals surface area contributed by atoms with Gasteiger partial charge in [-0.2, -0.15) is 0 Å². The van der Waals surface area contributed by atoms with Gasteiger partial charge >= 0.3 is 0 Å². The highest BCUT2D eigenvalue weighted by Gasteiger charge is 2.19. The summed E-state index contributed by atoms with van der Waals surface area (Å²) in [7, 11) is 0. The van der Waals surface area contributed by atoms with Gasteiger partial charge in [0.1, 0.15) is 10.9 Å². The fourth-order valence-electron chi connectivity index (χ4n) is 1.83. The quantitative estimate of drug-likeness (QED) is 0.703. The summed E-state index contributed by atoms with van der Waals surface area (Å²) in [6, 6.07) is 5.41. The summed E-state index contributed by atoms with van der Waals surface area (Å²) >= 11 is 6.01. The fraction of sp³-hybridized carbons (Fsp3) is 0.308. The maximum atomic E-state index is 9.82. The van der Waals surface area contributed by atoms with E-state index in [0.29, 0.717) is 10.5 Å². The standard InChI is InChI=1S/C13H14ClNO/c1-13(2,3)9-7-15-12(14)11-8(9)5-4-6-10(11)16/h4-7,16H,1-3H3. The van der Waals surface area contributed by atoms with Crippen molar-refractivity contribution in [2.24, 2.45) is 0 Å². The van der Waals surface area contributed by atoms with Crippen molar-refractivity contribution < 1.29 is 5.11 Å². The van der Waals surface area contributed by atoms with Crippen LogP contribution in [0.15, 0.2) is 24.4 Å². The summed E-state index contributed by atoms with van der Waals surface area (Å²) in [6.07, 6.45) is 1.78. The highest BCUT2D eigenvalue weighted by atomic mass is 35.5. The zero-order chi connectivity index (χ0) is 11.9. The van der Waals surface area contributed by atoms with Gasteiger partial charge in [-0.3, -0.25) is 0 Å². The van der Waals surface area contributed by atoms with Crippen molar-refractivity contribution in [3.63, 3.8) is 0 Å².